The van der Waals surface area contributed by atoms with Gasteiger partial charge < -0.3 is 9.55 Å². The van der Waals surface area contributed by atoms with Crippen LogP contribution in [0.2, 0.25) is 5.28 Å². The summed E-state index contributed by atoms with van der Waals surface area (Å²) in [4.78, 5) is 17.9. The first-order valence-electron chi connectivity index (χ1n) is 4.52. The fraction of sp³-hybridized carbons (Fsp3) is 0.333. The molecule has 0 spiro atoms. The summed E-state index contributed by atoms with van der Waals surface area (Å²) in [6.45, 7) is 0. The smallest absolute Gasteiger partial charge is 0.250 e. The van der Waals surface area contributed by atoms with Crippen molar-refractivity contribution in [1.82, 2.24) is 14.5 Å². The molecule has 3 rings (SSSR count). The number of aromatic nitrogens is 3. The second kappa shape index (κ2) is 2.60. The van der Waals surface area contributed by atoms with Gasteiger partial charge in [-0.25, -0.2) is 4.98 Å². The number of imidazole rings is 1. The number of fused-ring (bicyclic) bond motifs is 1. The molecule has 0 aliphatic heterocycles. The Morgan fingerprint density at radius 2 is 2.36 bits per heavy atom. The van der Waals surface area contributed by atoms with Crippen molar-refractivity contribution in [3.63, 3.8) is 0 Å². The first-order valence-corrected chi connectivity index (χ1v) is 4.89. The van der Waals surface area contributed by atoms with Crippen LogP contribution in [0.4, 0.5) is 0 Å². The quantitative estimate of drug-likeness (QED) is 0.778. The summed E-state index contributed by atoms with van der Waals surface area (Å²) in [5.41, 5.74) is 1.47. The Balaban J connectivity index is 2.39. The molecule has 0 aromatic carbocycles. The SMILES string of the molecule is O=c1cc2c(c[nH]1)nc(Cl)n2C1CC1. The van der Waals surface area contributed by atoms with Crippen LogP contribution in [0.25, 0.3) is 11.0 Å². The van der Waals surface area contributed by atoms with E-state index in [9.17, 15) is 4.79 Å². The van der Waals surface area contributed by atoms with Gasteiger partial charge in [-0.05, 0) is 24.4 Å². The van der Waals surface area contributed by atoms with E-state index in [0.717, 1.165) is 23.9 Å². The summed E-state index contributed by atoms with van der Waals surface area (Å²) in [5, 5.41) is 0.474. The van der Waals surface area contributed by atoms with E-state index in [1.807, 2.05) is 4.57 Å². The fourth-order valence-electron chi connectivity index (χ4n) is 1.67. The minimum atomic E-state index is -0.115. The van der Waals surface area contributed by atoms with Crippen LogP contribution in [-0.2, 0) is 0 Å². The van der Waals surface area contributed by atoms with Crippen LogP contribution < -0.4 is 5.56 Å². The number of nitrogens with one attached hydrogen (secondary N) is 1. The summed E-state index contributed by atoms with van der Waals surface area (Å²) in [6.07, 6.45) is 3.85. The number of halogens is 1. The van der Waals surface area contributed by atoms with Crippen LogP contribution in [0.1, 0.15) is 18.9 Å². The summed E-state index contributed by atoms with van der Waals surface area (Å²) >= 11 is 5.99. The van der Waals surface area contributed by atoms with Crippen molar-refractivity contribution in [3.8, 4) is 0 Å². The number of aromatic amines is 1. The third-order valence-corrected chi connectivity index (χ3v) is 2.73. The second-order valence-electron chi connectivity index (χ2n) is 3.55. The average Bonchev–Trinajstić information content (AvgIpc) is 2.90. The van der Waals surface area contributed by atoms with Crippen molar-refractivity contribution in [1.29, 1.82) is 0 Å². The molecule has 1 aliphatic rings. The van der Waals surface area contributed by atoms with Gasteiger partial charge in [0.15, 0.2) is 0 Å². The first kappa shape index (κ1) is 8.05. The zero-order valence-corrected chi connectivity index (χ0v) is 8.08. The predicted molar refractivity (Wildman–Crippen MR) is 53.6 cm³/mol. The maximum atomic E-state index is 11.1. The van der Waals surface area contributed by atoms with Crippen molar-refractivity contribution < 1.29 is 0 Å². The van der Waals surface area contributed by atoms with Gasteiger partial charge in [0.2, 0.25) is 10.8 Å². The number of pyridine rings is 1. The zero-order valence-electron chi connectivity index (χ0n) is 7.33. The summed E-state index contributed by atoms with van der Waals surface area (Å²) in [5.74, 6) is 0. The standard InChI is InChI=1S/C9H8ClN3O/c10-9-12-6-4-11-8(14)3-7(6)13(9)5-1-2-5/h3-5H,1-2H2,(H,11,14). The highest BCUT2D eigenvalue weighted by Gasteiger charge is 2.27. The van der Waals surface area contributed by atoms with E-state index < -0.39 is 0 Å². The molecule has 1 aliphatic carbocycles. The second-order valence-corrected chi connectivity index (χ2v) is 3.89. The number of hydrogen-bond donors (Lipinski definition) is 1. The number of hydrogen-bond acceptors (Lipinski definition) is 2. The van der Waals surface area contributed by atoms with Crippen LogP contribution in [-0.4, -0.2) is 14.5 Å². The highest BCUT2D eigenvalue weighted by molar-refractivity contribution is 6.29. The van der Waals surface area contributed by atoms with Crippen molar-refractivity contribution in [2.45, 2.75) is 18.9 Å². The van der Waals surface area contributed by atoms with Gasteiger partial charge in [-0.3, -0.25) is 4.79 Å². The van der Waals surface area contributed by atoms with E-state index in [-0.39, 0.29) is 5.56 Å². The molecule has 4 nitrogen and oxygen atoms in total. The maximum absolute atomic E-state index is 11.1. The van der Waals surface area contributed by atoms with Crippen molar-refractivity contribution >= 4 is 22.6 Å². The molecule has 0 atom stereocenters. The molecule has 1 N–H and O–H groups in total. The predicted octanol–water partition coefficient (Wildman–Crippen LogP) is 1.71. The monoisotopic (exact) mass is 209 g/mol. The van der Waals surface area contributed by atoms with E-state index in [0.29, 0.717) is 11.3 Å². The van der Waals surface area contributed by atoms with Crippen LogP contribution in [0.5, 0.6) is 0 Å². The van der Waals surface area contributed by atoms with Crippen LogP contribution in [0.3, 0.4) is 0 Å². The molecule has 2 aromatic heterocycles. The summed E-state index contributed by atoms with van der Waals surface area (Å²) < 4.78 is 1.94. The van der Waals surface area contributed by atoms with Gasteiger partial charge in [0.25, 0.3) is 0 Å². The molecule has 2 aromatic rings. The van der Waals surface area contributed by atoms with E-state index in [1.165, 1.54) is 0 Å². The molecular weight excluding hydrogens is 202 g/mol. The van der Waals surface area contributed by atoms with Gasteiger partial charge in [-0.1, -0.05) is 0 Å². The Hall–Kier alpha value is -1.29. The molecule has 14 heavy (non-hydrogen) atoms. The van der Waals surface area contributed by atoms with Crippen LogP contribution in [0.15, 0.2) is 17.1 Å². The van der Waals surface area contributed by atoms with Crippen molar-refractivity contribution in [2.75, 3.05) is 0 Å². The third kappa shape index (κ3) is 1.07. The molecule has 0 bridgehead atoms. The number of H-pyrrole nitrogens is 1. The van der Waals surface area contributed by atoms with Gasteiger partial charge >= 0.3 is 0 Å². The largest absolute Gasteiger partial charge is 0.327 e. The normalized spacial score (nSPS) is 16.4. The van der Waals surface area contributed by atoms with Crippen molar-refractivity contribution in [2.24, 2.45) is 0 Å². The third-order valence-electron chi connectivity index (χ3n) is 2.46. The van der Waals surface area contributed by atoms with Crippen molar-refractivity contribution in [3.05, 3.63) is 27.9 Å². The molecule has 72 valence electrons. The first-order chi connectivity index (χ1) is 6.75. The number of nitrogens with zero attached hydrogens (tertiary/aromatic N) is 2. The molecule has 2 heterocycles. The van der Waals surface area contributed by atoms with Gasteiger partial charge in [0.05, 0.1) is 5.52 Å². The molecule has 0 radical (unpaired) electrons. The Morgan fingerprint density at radius 1 is 1.57 bits per heavy atom. The number of rotatable bonds is 1. The Morgan fingerprint density at radius 3 is 3.07 bits per heavy atom. The average molecular weight is 210 g/mol. The fourth-order valence-corrected chi connectivity index (χ4v) is 1.99. The zero-order chi connectivity index (χ0) is 9.71. The Labute approximate surface area is 84.5 Å². The lowest BCUT2D eigenvalue weighted by Gasteiger charge is -2.00. The van der Waals surface area contributed by atoms with Gasteiger partial charge in [-0.15, -0.1) is 0 Å². The van der Waals surface area contributed by atoms with E-state index >= 15 is 0 Å². The summed E-state index contributed by atoms with van der Waals surface area (Å²) in [6, 6.07) is 1.99. The lowest BCUT2D eigenvalue weighted by Crippen LogP contribution is -2.03. The highest BCUT2D eigenvalue weighted by atomic mass is 35.5. The van der Waals surface area contributed by atoms with Gasteiger partial charge in [0, 0.05) is 18.3 Å². The van der Waals surface area contributed by atoms with E-state index in [2.05, 4.69) is 9.97 Å². The molecular formula is C9H8ClN3O. The maximum Gasteiger partial charge on any atom is 0.250 e. The molecule has 5 heteroatoms. The van der Waals surface area contributed by atoms with Crippen LogP contribution in [0, 0.1) is 0 Å². The van der Waals surface area contributed by atoms with E-state index in [1.54, 1.807) is 12.3 Å². The molecule has 0 saturated heterocycles. The Kier molecular flexibility index (Phi) is 1.50. The molecule has 1 saturated carbocycles. The molecule has 0 amide bonds. The molecule has 0 unspecified atom stereocenters. The van der Waals surface area contributed by atoms with Gasteiger partial charge in [-0.2, -0.15) is 0 Å². The molecule has 1 fully saturated rings. The Bertz CT molecular complexity index is 553. The minimum absolute atomic E-state index is 0.115. The lowest BCUT2D eigenvalue weighted by molar-refractivity contribution is 0.766. The lowest BCUT2D eigenvalue weighted by atomic mass is 10.4. The topological polar surface area (TPSA) is 50.7 Å². The summed E-state index contributed by atoms with van der Waals surface area (Å²) in [7, 11) is 0. The minimum Gasteiger partial charge on any atom is -0.327 e. The van der Waals surface area contributed by atoms with Gasteiger partial charge in [0.1, 0.15) is 5.52 Å². The van der Waals surface area contributed by atoms with Crippen LogP contribution >= 0.6 is 11.6 Å². The highest BCUT2D eigenvalue weighted by Crippen LogP contribution is 2.39. The van der Waals surface area contributed by atoms with E-state index in [4.69, 9.17) is 11.6 Å².